The normalized spacial score (nSPS) is 13.5. The maximum atomic E-state index is 12.4. The molecule has 7 heteroatoms. The molecule has 160 valence electrons. The minimum Gasteiger partial charge on any atom is -0.460 e. The van der Waals surface area contributed by atoms with E-state index in [2.05, 4.69) is 18.4 Å². The molecule has 1 aromatic heterocycles. The number of amides is 2. The second-order valence-electron chi connectivity index (χ2n) is 7.94. The average Bonchev–Trinajstić information content (AvgIpc) is 3.14. The van der Waals surface area contributed by atoms with E-state index in [9.17, 15) is 19.6 Å². The fraction of sp³-hybridized carbons (Fsp3) is 0.333. The van der Waals surface area contributed by atoms with Gasteiger partial charge in [-0.25, -0.2) is 4.79 Å². The van der Waals surface area contributed by atoms with Gasteiger partial charge in [-0.1, -0.05) is 26.0 Å². The topological polar surface area (TPSA) is 92.4 Å². The van der Waals surface area contributed by atoms with E-state index in [0.717, 1.165) is 28.4 Å². The van der Waals surface area contributed by atoms with Crippen molar-refractivity contribution in [3.63, 3.8) is 0 Å². The number of benzene rings is 1. The van der Waals surface area contributed by atoms with Crippen LogP contribution in [0.2, 0.25) is 0 Å². The van der Waals surface area contributed by atoms with E-state index in [1.807, 2.05) is 26.0 Å². The third-order valence-corrected chi connectivity index (χ3v) is 5.23. The Morgan fingerprint density at radius 2 is 1.77 bits per heavy atom. The van der Waals surface area contributed by atoms with Crippen molar-refractivity contribution in [2.45, 2.75) is 34.2 Å². The molecule has 1 aliphatic heterocycles. The number of hydrogen-bond acceptors (Lipinski definition) is 5. The summed E-state index contributed by atoms with van der Waals surface area (Å²) in [6.45, 7) is 8.78. The maximum Gasteiger partial charge on any atom is 0.348 e. The molecule has 0 atom stereocenters. The van der Waals surface area contributed by atoms with Crippen molar-refractivity contribution >= 4 is 23.9 Å². The number of fused-ring (bicyclic) bond motifs is 1. The van der Waals surface area contributed by atoms with E-state index in [1.165, 1.54) is 6.08 Å². The van der Waals surface area contributed by atoms with Crippen LogP contribution in [0.5, 0.6) is 0 Å². The number of nitriles is 1. The van der Waals surface area contributed by atoms with E-state index in [-0.39, 0.29) is 18.7 Å². The zero-order chi connectivity index (χ0) is 22.7. The van der Waals surface area contributed by atoms with Crippen molar-refractivity contribution < 1.29 is 19.1 Å². The van der Waals surface area contributed by atoms with Gasteiger partial charge in [0.05, 0.1) is 17.7 Å². The summed E-state index contributed by atoms with van der Waals surface area (Å²) in [4.78, 5) is 38.2. The number of imide groups is 1. The molecule has 0 bridgehead atoms. The third-order valence-electron chi connectivity index (χ3n) is 5.23. The van der Waals surface area contributed by atoms with Gasteiger partial charge in [0, 0.05) is 17.9 Å². The Kier molecular flexibility index (Phi) is 6.40. The first-order chi connectivity index (χ1) is 14.7. The molecule has 0 N–H and O–H groups in total. The average molecular weight is 419 g/mol. The molecule has 7 nitrogen and oxygen atoms in total. The molecule has 2 heterocycles. The molecule has 0 aliphatic carbocycles. The van der Waals surface area contributed by atoms with Crippen molar-refractivity contribution in [1.82, 2.24) is 9.47 Å². The summed E-state index contributed by atoms with van der Waals surface area (Å²) >= 11 is 0. The smallest absolute Gasteiger partial charge is 0.348 e. The van der Waals surface area contributed by atoms with Crippen LogP contribution in [-0.4, -0.2) is 40.4 Å². The predicted octanol–water partition coefficient (Wildman–Crippen LogP) is 3.51. The van der Waals surface area contributed by atoms with Crippen molar-refractivity contribution in [3.05, 3.63) is 64.0 Å². The quantitative estimate of drug-likeness (QED) is 0.296. The molecule has 0 spiro atoms. The summed E-state index contributed by atoms with van der Waals surface area (Å²) in [6, 6.07) is 10.4. The Hall–Kier alpha value is -3.66. The lowest BCUT2D eigenvalue weighted by Gasteiger charge is -2.13. The minimum atomic E-state index is -0.784. The van der Waals surface area contributed by atoms with Crippen LogP contribution >= 0.6 is 0 Å². The Morgan fingerprint density at radius 1 is 1.16 bits per heavy atom. The van der Waals surface area contributed by atoms with Gasteiger partial charge >= 0.3 is 5.97 Å². The lowest BCUT2D eigenvalue weighted by atomic mass is 10.1. The summed E-state index contributed by atoms with van der Waals surface area (Å²) in [5, 5.41) is 9.44. The molecule has 31 heavy (non-hydrogen) atoms. The third kappa shape index (κ3) is 4.43. The molecule has 0 saturated heterocycles. The van der Waals surface area contributed by atoms with Crippen LogP contribution in [0.15, 0.2) is 35.9 Å². The van der Waals surface area contributed by atoms with Gasteiger partial charge in [-0.2, -0.15) is 5.26 Å². The molecule has 0 radical (unpaired) electrons. The van der Waals surface area contributed by atoms with Crippen molar-refractivity contribution in [2.75, 3.05) is 13.2 Å². The van der Waals surface area contributed by atoms with E-state index in [4.69, 9.17) is 4.74 Å². The van der Waals surface area contributed by atoms with Crippen molar-refractivity contribution in [2.24, 2.45) is 5.92 Å². The molecule has 0 unspecified atom stereocenters. The van der Waals surface area contributed by atoms with Crippen LogP contribution in [0.3, 0.4) is 0 Å². The van der Waals surface area contributed by atoms with Crippen LogP contribution < -0.4 is 0 Å². The Balaban J connectivity index is 1.66. The lowest BCUT2D eigenvalue weighted by Crippen LogP contribution is -2.33. The van der Waals surface area contributed by atoms with Gasteiger partial charge in [0.1, 0.15) is 18.2 Å². The Bertz CT molecular complexity index is 1080. The standard InChI is InChI=1S/C24H25N3O4/c1-15(2)14-27-16(3)11-18(17(27)4)12-19(13-25)24(30)31-10-9-26-22(28)20-7-5-6-8-21(20)23(26)29/h5-8,11-12,15H,9-10,14H2,1-4H3/b19-12+. The molecule has 2 aromatic rings. The second kappa shape index (κ2) is 9.00. The molecule has 2 amide bonds. The molecular formula is C24H25N3O4. The van der Waals surface area contributed by atoms with Gasteiger partial charge in [0.2, 0.25) is 0 Å². The summed E-state index contributed by atoms with van der Waals surface area (Å²) in [5.74, 6) is -1.15. The lowest BCUT2D eigenvalue weighted by molar-refractivity contribution is -0.138. The van der Waals surface area contributed by atoms with Crippen molar-refractivity contribution in [3.8, 4) is 6.07 Å². The zero-order valence-electron chi connectivity index (χ0n) is 18.1. The monoisotopic (exact) mass is 419 g/mol. The van der Waals surface area contributed by atoms with Gasteiger partial charge in [-0.15, -0.1) is 0 Å². The number of aryl methyl sites for hydroxylation is 1. The van der Waals surface area contributed by atoms with E-state index >= 15 is 0 Å². The first kappa shape index (κ1) is 22.0. The molecule has 1 aliphatic rings. The first-order valence-corrected chi connectivity index (χ1v) is 10.2. The van der Waals surface area contributed by atoms with Gasteiger partial charge in [0.25, 0.3) is 11.8 Å². The zero-order valence-corrected chi connectivity index (χ0v) is 18.1. The molecule has 0 fully saturated rings. The van der Waals surface area contributed by atoms with Gasteiger partial charge in [-0.3, -0.25) is 14.5 Å². The first-order valence-electron chi connectivity index (χ1n) is 10.2. The largest absolute Gasteiger partial charge is 0.460 e. The van der Waals surface area contributed by atoms with Gasteiger partial charge in [0.15, 0.2) is 0 Å². The number of esters is 1. The number of ether oxygens (including phenoxy) is 1. The summed E-state index contributed by atoms with van der Waals surface area (Å²) < 4.78 is 7.34. The predicted molar refractivity (Wildman–Crippen MR) is 115 cm³/mol. The molecule has 1 aromatic carbocycles. The highest BCUT2D eigenvalue weighted by Crippen LogP contribution is 2.22. The molecule has 3 rings (SSSR count). The molecule has 0 saturated carbocycles. The van der Waals surface area contributed by atoms with E-state index in [1.54, 1.807) is 24.3 Å². The number of carbonyl (C=O) groups is 3. The summed E-state index contributed by atoms with van der Waals surface area (Å²) in [6.07, 6.45) is 1.52. The molecular weight excluding hydrogens is 394 g/mol. The number of hydrogen-bond donors (Lipinski definition) is 0. The van der Waals surface area contributed by atoms with E-state index < -0.39 is 17.8 Å². The highest BCUT2D eigenvalue weighted by atomic mass is 16.5. The number of rotatable bonds is 7. The Morgan fingerprint density at radius 3 is 2.32 bits per heavy atom. The van der Waals surface area contributed by atoms with Crippen LogP contribution in [0.25, 0.3) is 6.08 Å². The van der Waals surface area contributed by atoms with E-state index in [0.29, 0.717) is 17.0 Å². The second-order valence-corrected chi connectivity index (χ2v) is 7.94. The number of nitrogens with zero attached hydrogens (tertiary/aromatic N) is 3. The number of aromatic nitrogens is 1. The summed E-state index contributed by atoms with van der Waals surface area (Å²) in [5.41, 5.74) is 3.35. The SMILES string of the molecule is Cc1cc(/C=C(\C#N)C(=O)OCCN2C(=O)c3ccccc3C2=O)c(C)n1CC(C)C. The fourth-order valence-corrected chi connectivity index (χ4v) is 3.66. The van der Waals surface area contributed by atoms with Crippen LogP contribution in [0, 0.1) is 31.1 Å². The highest BCUT2D eigenvalue weighted by molar-refractivity contribution is 6.21. The van der Waals surface area contributed by atoms with Crippen LogP contribution in [0.4, 0.5) is 0 Å². The fourth-order valence-electron chi connectivity index (χ4n) is 3.66. The minimum absolute atomic E-state index is 0.0697. The van der Waals surface area contributed by atoms with Crippen LogP contribution in [0.1, 0.15) is 51.5 Å². The Labute approximate surface area is 181 Å². The van der Waals surface area contributed by atoms with Gasteiger partial charge < -0.3 is 9.30 Å². The highest BCUT2D eigenvalue weighted by Gasteiger charge is 2.34. The van der Waals surface area contributed by atoms with Gasteiger partial charge in [-0.05, 0) is 49.6 Å². The van der Waals surface area contributed by atoms with Crippen molar-refractivity contribution in [1.29, 1.82) is 5.26 Å². The summed E-state index contributed by atoms with van der Waals surface area (Å²) in [7, 11) is 0. The van der Waals surface area contributed by atoms with Crippen LogP contribution in [-0.2, 0) is 16.1 Å². The maximum absolute atomic E-state index is 12.4. The number of carbonyl (C=O) groups excluding carboxylic acids is 3.